The van der Waals surface area contributed by atoms with Gasteiger partial charge in [-0.1, -0.05) is 30.3 Å². The fourth-order valence-electron chi connectivity index (χ4n) is 3.90. The molecule has 1 N–H and O–H groups in total. The van der Waals surface area contributed by atoms with E-state index in [1.165, 1.54) is 16.7 Å². The lowest BCUT2D eigenvalue weighted by Gasteiger charge is -2.19. The third kappa shape index (κ3) is 4.45. The lowest BCUT2D eigenvalue weighted by molar-refractivity contribution is -0.125. The number of nitrogens with one attached hydrogen (secondary N) is 1. The van der Waals surface area contributed by atoms with E-state index >= 15 is 0 Å². The van der Waals surface area contributed by atoms with Gasteiger partial charge in [-0.2, -0.15) is 0 Å². The van der Waals surface area contributed by atoms with Gasteiger partial charge in [0.05, 0.1) is 0 Å². The largest absolute Gasteiger partial charge is 0.339 e. The maximum Gasteiger partial charge on any atom is 0.246 e. The smallest absolute Gasteiger partial charge is 0.246 e. The summed E-state index contributed by atoms with van der Waals surface area (Å²) in [5.74, 6) is 0.658. The van der Waals surface area contributed by atoms with E-state index in [0.29, 0.717) is 18.7 Å². The lowest BCUT2D eigenvalue weighted by atomic mass is 9.98. The second kappa shape index (κ2) is 8.43. The molecule has 2 aromatic rings. The zero-order chi connectivity index (χ0) is 20.2. The number of fused-ring (bicyclic) bond motifs is 1. The van der Waals surface area contributed by atoms with Crippen molar-refractivity contribution in [2.75, 3.05) is 18.4 Å². The molecule has 0 radical (unpaired) electrons. The number of benzene rings is 1. The van der Waals surface area contributed by atoms with Crippen molar-refractivity contribution in [3.05, 3.63) is 70.9 Å². The normalized spacial score (nSPS) is 16.8. The van der Waals surface area contributed by atoms with Crippen LogP contribution in [0.4, 0.5) is 5.82 Å². The number of rotatable bonds is 3. The minimum absolute atomic E-state index is 0.00306. The highest BCUT2D eigenvalue weighted by molar-refractivity contribution is 5.94. The average molecular weight is 387 g/mol. The second-order valence-electron chi connectivity index (χ2n) is 7.57. The number of anilines is 1. The van der Waals surface area contributed by atoms with Crippen molar-refractivity contribution < 1.29 is 9.59 Å². The van der Waals surface area contributed by atoms with E-state index in [9.17, 15) is 9.59 Å². The number of carbonyl (C=O) groups is 2. The maximum atomic E-state index is 12.7. The Balaban J connectivity index is 1.39. The first kappa shape index (κ1) is 19.1. The monoisotopic (exact) mass is 387 g/mol. The van der Waals surface area contributed by atoms with Gasteiger partial charge in [-0.05, 0) is 66.2 Å². The van der Waals surface area contributed by atoms with E-state index in [0.717, 1.165) is 37.1 Å². The van der Waals surface area contributed by atoms with Gasteiger partial charge in [-0.3, -0.25) is 9.59 Å². The number of amides is 2. The SMILES string of the molecule is Cc1ccccc1C1=CCCN(C(=O)/C=C/c2cnc3c(c2)CCC(=O)N3)CC1. The van der Waals surface area contributed by atoms with Gasteiger partial charge < -0.3 is 10.2 Å². The Morgan fingerprint density at radius 3 is 2.90 bits per heavy atom. The van der Waals surface area contributed by atoms with E-state index in [4.69, 9.17) is 0 Å². The minimum Gasteiger partial charge on any atom is -0.339 e. The van der Waals surface area contributed by atoms with Gasteiger partial charge >= 0.3 is 0 Å². The summed E-state index contributed by atoms with van der Waals surface area (Å²) in [6, 6.07) is 10.4. The number of pyridine rings is 1. The fourth-order valence-corrected chi connectivity index (χ4v) is 3.90. The first-order valence-electron chi connectivity index (χ1n) is 10.1. The molecule has 0 atom stereocenters. The van der Waals surface area contributed by atoms with E-state index in [2.05, 4.69) is 47.6 Å². The summed E-state index contributed by atoms with van der Waals surface area (Å²) in [5.41, 5.74) is 5.77. The molecule has 1 aromatic heterocycles. The van der Waals surface area contributed by atoms with Crippen molar-refractivity contribution >= 4 is 29.3 Å². The Bertz CT molecular complexity index is 1010. The molecule has 5 nitrogen and oxygen atoms in total. The quantitative estimate of drug-likeness (QED) is 0.810. The fraction of sp³-hybridized carbons (Fsp3) is 0.292. The second-order valence-corrected chi connectivity index (χ2v) is 7.57. The van der Waals surface area contributed by atoms with Crippen molar-refractivity contribution in [1.82, 2.24) is 9.88 Å². The van der Waals surface area contributed by atoms with E-state index in [-0.39, 0.29) is 11.8 Å². The summed E-state index contributed by atoms with van der Waals surface area (Å²) in [6.07, 6.45) is 10.3. The van der Waals surface area contributed by atoms with Crippen LogP contribution in [0.5, 0.6) is 0 Å². The van der Waals surface area contributed by atoms with Gasteiger partial charge in [-0.15, -0.1) is 0 Å². The number of aryl methyl sites for hydroxylation is 2. The number of nitrogens with zero attached hydrogens (tertiary/aromatic N) is 2. The van der Waals surface area contributed by atoms with Gasteiger partial charge in [0, 0.05) is 31.8 Å². The predicted molar refractivity (Wildman–Crippen MR) is 115 cm³/mol. The lowest BCUT2D eigenvalue weighted by Crippen LogP contribution is -2.30. The summed E-state index contributed by atoms with van der Waals surface area (Å²) >= 11 is 0. The summed E-state index contributed by atoms with van der Waals surface area (Å²) in [5, 5.41) is 2.78. The third-order valence-corrected chi connectivity index (χ3v) is 5.53. The molecule has 3 heterocycles. The molecule has 1 aromatic carbocycles. The van der Waals surface area contributed by atoms with Gasteiger partial charge in [0.2, 0.25) is 11.8 Å². The minimum atomic E-state index is 0.00306. The molecule has 4 rings (SSSR count). The van der Waals surface area contributed by atoms with Gasteiger partial charge in [-0.25, -0.2) is 4.98 Å². The van der Waals surface area contributed by atoms with Crippen LogP contribution in [0.2, 0.25) is 0 Å². The molecule has 29 heavy (non-hydrogen) atoms. The molecule has 0 saturated heterocycles. The first-order chi connectivity index (χ1) is 14.1. The molecular weight excluding hydrogens is 362 g/mol. The summed E-state index contributed by atoms with van der Waals surface area (Å²) in [7, 11) is 0. The van der Waals surface area contributed by atoms with Gasteiger partial charge in [0.15, 0.2) is 0 Å². The van der Waals surface area contributed by atoms with Crippen molar-refractivity contribution in [2.24, 2.45) is 0 Å². The molecule has 5 heteroatoms. The molecule has 0 spiro atoms. The zero-order valence-corrected chi connectivity index (χ0v) is 16.6. The number of aromatic nitrogens is 1. The third-order valence-electron chi connectivity index (χ3n) is 5.53. The van der Waals surface area contributed by atoms with Crippen LogP contribution in [0.15, 0.2) is 48.7 Å². The van der Waals surface area contributed by atoms with E-state index < -0.39 is 0 Å². The van der Waals surface area contributed by atoms with Gasteiger partial charge in [0.25, 0.3) is 0 Å². The highest BCUT2D eigenvalue weighted by Crippen LogP contribution is 2.25. The van der Waals surface area contributed by atoms with Crippen molar-refractivity contribution in [1.29, 1.82) is 0 Å². The highest BCUT2D eigenvalue weighted by atomic mass is 16.2. The zero-order valence-electron chi connectivity index (χ0n) is 16.6. The topological polar surface area (TPSA) is 62.3 Å². The highest BCUT2D eigenvalue weighted by Gasteiger charge is 2.17. The molecule has 2 amide bonds. The molecule has 0 bridgehead atoms. The molecule has 2 aliphatic rings. The predicted octanol–water partition coefficient (Wildman–Crippen LogP) is 3.99. The van der Waals surface area contributed by atoms with Crippen LogP contribution in [-0.2, 0) is 16.0 Å². The summed E-state index contributed by atoms with van der Waals surface area (Å²) < 4.78 is 0. The molecule has 0 aliphatic carbocycles. The molecule has 2 aliphatic heterocycles. The van der Waals surface area contributed by atoms with Crippen LogP contribution in [-0.4, -0.2) is 34.8 Å². The number of hydrogen-bond donors (Lipinski definition) is 1. The van der Waals surface area contributed by atoms with Crippen molar-refractivity contribution in [3.63, 3.8) is 0 Å². The molecule has 0 unspecified atom stereocenters. The maximum absolute atomic E-state index is 12.7. The Morgan fingerprint density at radius 2 is 2.03 bits per heavy atom. The van der Waals surface area contributed by atoms with Crippen molar-refractivity contribution in [2.45, 2.75) is 32.6 Å². The number of carbonyl (C=O) groups excluding carboxylic acids is 2. The summed E-state index contributed by atoms with van der Waals surface area (Å²) in [6.45, 7) is 3.58. The Morgan fingerprint density at radius 1 is 1.17 bits per heavy atom. The van der Waals surface area contributed by atoms with Crippen LogP contribution in [0.3, 0.4) is 0 Å². The first-order valence-corrected chi connectivity index (χ1v) is 10.1. The summed E-state index contributed by atoms with van der Waals surface area (Å²) in [4.78, 5) is 30.4. The molecule has 0 saturated carbocycles. The molecule has 0 fully saturated rings. The van der Waals surface area contributed by atoms with E-state index in [1.807, 2.05) is 17.0 Å². The van der Waals surface area contributed by atoms with Gasteiger partial charge in [0.1, 0.15) is 5.82 Å². The Hall–Kier alpha value is -3.21. The van der Waals surface area contributed by atoms with Crippen LogP contribution in [0.1, 0.15) is 41.5 Å². The Labute approximate surface area is 171 Å². The number of hydrogen-bond acceptors (Lipinski definition) is 3. The van der Waals surface area contributed by atoms with E-state index in [1.54, 1.807) is 12.3 Å². The van der Waals surface area contributed by atoms with Crippen LogP contribution in [0.25, 0.3) is 11.6 Å². The average Bonchev–Trinajstić information content (AvgIpc) is 2.98. The molecule has 148 valence electrons. The van der Waals surface area contributed by atoms with Crippen LogP contribution < -0.4 is 5.32 Å². The van der Waals surface area contributed by atoms with Crippen LogP contribution in [0, 0.1) is 6.92 Å². The van der Waals surface area contributed by atoms with Crippen molar-refractivity contribution in [3.8, 4) is 0 Å². The molecular formula is C24H25N3O2. The standard InChI is InChI=1S/C24H25N3O2/c1-17-5-2-3-7-21(17)19-6-4-13-27(14-12-19)23(29)11-8-18-15-20-9-10-22(28)26-24(20)25-16-18/h2-3,5-8,11,15-16H,4,9-10,12-14H2,1H3,(H,25,26,28)/b11-8+. The van der Waals surface area contributed by atoms with Crippen LogP contribution >= 0.6 is 0 Å². The Kier molecular flexibility index (Phi) is 5.56.